The van der Waals surface area contributed by atoms with Gasteiger partial charge in [-0.3, -0.25) is 0 Å². The Labute approximate surface area is 121 Å². The van der Waals surface area contributed by atoms with Gasteiger partial charge in [0.1, 0.15) is 5.75 Å². The van der Waals surface area contributed by atoms with E-state index < -0.39 is 0 Å². The topological polar surface area (TPSA) is 27.7 Å². The minimum Gasteiger partial charge on any atom is -0.493 e. The molecule has 0 aliphatic rings. The first-order valence-electron chi connectivity index (χ1n) is 5.81. The first-order valence-corrected chi connectivity index (χ1v) is 7.31. The van der Waals surface area contributed by atoms with Crippen LogP contribution in [0.25, 0.3) is 0 Å². The monoisotopic (exact) mass is 336 g/mol. The molecule has 1 rings (SSSR count). The fourth-order valence-corrected chi connectivity index (χ4v) is 2.01. The lowest BCUT2D eigenvalue weighted by Gasteiger charge is -2.10. The van der Waals surface area contributed by atoms with E-state index in [1.807, 2.05) is 18.2 Å². The maximum Gasteiger partial charge on any atom is 0.123 e. The van der Waals surface area contributed by atoms with Crippen LogP contribution in [0.1, 0.15) is 12.0 Å². The second-order valence-electron chi connectivity index (χ2n) is 3.69. The Morgan fingerprint density at radius 1 is 1.17 bits per heavy atom. The van der Waals surface area contributed by atoms with E-state index in [1.165, 1.54) is 0 Å². The second kappa shape index (κ2) is 9.62. The molecule has 0 amide bonds. The van der Waals surface area contributed by atoms with Crippen LogP contribution in [-0.4, -0.2) is 33.5 Å². The molecule has 0 fully saturated rings. The maximum atomic E-state index is 5.92. The summed E-state index contributed by atoms with van der Waals surface area (Å²) >= 11 is 9.34. The molecule has 0 saturated carbocycles. The molecule has 0 saturated heterocycles. The first kappa shape index (κ1) is 15.8. The molecule has 0 spiro atoms. The third-order valence-corrected chi connectivity index (χ3v) is 3.13. The van der Waals surface area contributed by atoms with Gasteiger partial charge in [-0.25, -0.2) is 0 Å². The zero-order valence-electron chi connectivity index (χ0n) is 10.5. The van der Waals surface area contributed by atoms with Crippen molar-refractivity contribution < 1.29 is 14.2 Å². The summed E-state index contributed by atoms with van der Waals surface area (Å²) in [5, 5.41) is 1.45. The molecule has 0 aliphatic heterocycles. The number of alkyl halides is 1. The fourth-order valence-electron chi connectivity index (χ4n) is 1.38. The first-order chi connectivity index (χ1) is 8.77. The average Bonchev–Trinajstić information content (AvgIpc) is 2.39. The number of hydrogen-bond acceptors (Lipinski definition) is 3. The number of hydrogen-bond donors (Lipinski definition) is 0. The van der Waals surface area contributed by atoms with E-state index in [9.17, 15) is 0 Å². The molecule has 0 heterocycles. The van der Waals surface area contributed by atoms with Gasteiger partial charge in [0.05, 0.1) is 19.8 Å². The van der Waals surface area contributed by atoms with Crippen LogP contribution in [0.15, 0.2) is 18.2 Å². The second-order valence-corrected chi connectivity index (χ2v) is 4.69. The molecule has 3 nitrogen and oxygen atoms in total. The van der Waals surface area contributed by atoms with Crippen molar-refractivity contribution in [1.29, 1.82) is 0 Å². The summed E-state index contributed by atoms with van der Waals surface area (Å²) in [7, 11) is 1.66. The average molecular weight is 338 g/mol. The number of benzene rings is 1. The van der Waals surface area contributed by atoms with Crippen LogP contribution in [0.3, 0.4) is 0 Å². The van der Waals surface area contributed by atoms with Crippen LogP contribution in [-0.2, 0) is 14.8 Å². The van der Waals surface area contributed by atoms with E-state index in [0.717, 1.165) is 28.1 Å². The maximum absolute atomic E-state index is 5.92. The van der Waals surface area contributed by atoms with Gasteiger partial charge in [0, 0.05) is 36.1 Å². The van der Waals surface area contributed by atoms with E-state index in [1.54, 1.807) is 7.11 Å². The summed E-state index contributed by atoms with van der Waals surface area (Å²) < 4.78 is 15.9. The number of rotatable bonds is 9. The van der Waals surface area contributed by atoms with Gasteiger partial charge in [-0.2, -0.15) is 0 Å². The smallest absolute Gasteiger partial charge is 0.123 e. The Morgan fingerprint density at radius 2 is 2.00 bits per heavy atom. The predicted molar refractivity (Wildman–Crippen MR) is 76.9 cm³/mol. The van der Waals surface area contributed by atoms with Crippen molar-refractivity contribution in [3.8, 4) is 5.75 Å². The molecular weight excluding hydrogens is 319 g/mol. The van der Waals surface area contributed by atoms with Crippen LogP contribution < -0.4 is 4.74 Å². The van der Waals surface area contributed by atoms with Crippen molar-refractivity contribution in [3.63, 3.8) is 0 Å². The quantitative estimate of drug-likeness (QED) is 0.508. The largest absolute Gasteiger partial charge is 0.493 e. The summed E-state index contributed by atoms with van der Waals surface area (Å²) in [4.78, 5) is 0. The van der Waals surface area contributed by atoms with Gasteiger partial charge in [-0.15, -0.1) is 0 Å². The summed E-state index contributed by atoms with van der Waals surface area (Å²) in [5.41, 5.74) is 1.06. The van der Waals surface area contributed by atoms with Gasteiger partial charge >= 0.3 is 0 Å². The molecule has 1 aromatic rings. The van der Waals surface area contributed by atoms with E-state index >= 15 is 0 Å². The lowest BCUT2D eigenvalue weighted by molar-refractivity contribution is 0.0644. The highest BCUT2D eigenvalue weighted by Gasteiger charge is 2.03. The third-order valence-electron chi connectivity index (χ3n) is 2.29. The Balaban J connectivity index is 2.22. The van der Waals surface area contributed by atoms with Crippen LogP contribution in [0.2, 0.25) is 5.02 Å². The van der Waals surface area contributed by atoms with Gasteiger partial charge in [0.2, 0.25) is 0 Å². The molecule has 5 heteroatoms. The lowest BCUT2D eigenvalue weighted by Crippen LogP contribution is -2.07. The minimum atomic E-state index is 0.629. The molecule has 0 N–H and O–H groups in total. The normalized spacial score (nSPS) is 10.6. The highest BCUT2D eigenvalue weighted by atomic mass is 79.9. The van der Waals surface area contributed by atoms with Crippen molar-refractivity contribution >= 4 is 27.5 Å². The number of halogens is 2. The zero-order chi connectivity index (χ0) is 13.2. The van der Waals surface area contributed by atoms with Gasteiger partial charge in [0.25, 0.3) is 0 Å². The van der Waals surface area contributed by atoms with Gasteiger partial charge in [-0.1, -0.05) is 27.5 Å². The fraction of sp³-hybridized carbons (Fsp3) is 0.538. The Kier molecular flexibility index (Phi) is 8.42. The lowest BCUT2D eigenvalue weighted by atomic mass is 10.2. The van der Waals surface area contributed by atoms with Crippen LogP contribution >= 0.6 is 27.5 Å². The standard InChI is InChI=1S/C13H18BrClO3/c1-16-7-8-17-5-2-6-18-13-4-3-12(15)9-11(13)10-14/h3-4,9H,2,5-8,10H2,1H3. The highest BCUT2D eigenvalue weighted by Crippen LogP contribution is 2.25. The molecule has 0 aliphatic carbocycles. The summed E-state index contributed by atoms with van der Waals surface area (Å²) in [5.74, 6) is 0.869. The molecule has 18 heavy (non-hydrogen) atoms. The summed E-state index contributed by atoms with van der Waals surface area (Å²) in [6.07, 6.45) is 0.855. The van der Waals surface area contributed by atoms with Crippen molar-refractivity contribution in [1.82, 2.24) is 0 Å². The van der Waals surface area contributed by atoms with Crippen molar-refractivity contribution in [2.45, 2.75) is 11.8 Å². The van der Waals surface area contributed by atoms with Crippen molar-refractivity contribution in [3.05, 3.63) is 28.8 Å². The number of methoxy groups -OCH3 is 1. The predicted octanol–water partition coefficient (Wildman–Crippen LogP) is 3.67. The Bertz CT molecular complexity index is 347. The molecular formula is C13H18BrClO3. The molecule has 0 bridgehead atoms. The summed E-state index contributed by atoms with van der Waals surface area (Å²) in [6, 6.07) is 5.63. The molecule has 0 atom stereocenters. The van der Waals surface area contributed by atoms with Crippen molar-refractivity contribution in [2.75, 3.05) is 33.5 Å². The highest BCUT2D eigenvalue weighted by molar-refractivity contribution is 9.08. The Morgan fingerprint density at radius 3 is 2.72 bits per heavy atom. The zero-order valence-corrected chi connectivity index (χ0v) is 12.8. The Hall–Kier alpha value is -0.290. The van der Waals surface area contributed by atoms with E-state index in [0.29, 0.717) is 26.4 Å². The van der Waals surface area contributed by atoms with E-state index in [-0.39, 0.29) is 0 Å². The van der Waals surface area contributed by atoms with E-state index in [4.69, 9.17) is 25.8 Å². The van der Waals surface area contributed by atoms with Crippen LogP contribution in [0.4, 0.5) is 0 Å². The molecule has 0 radical (unpaired) electrons. The van der Waals surface area contributed by atoms with E-state index in [2.05, 4.69) is 15.9 Å². The summed E-state index contributed by atoms with van der Waals surface area (Å²) in [6.45, 7) is 2.57. The van der Waals surface area contributed by atoms with Gasteiger partial charge in [-0.05, 0) is 18.2 Å². The number of ether oxygens (including phenoxy) is 3. The van der Waals surface area contributed by atoms with Gasteiger partial charge < -0.3 is 14.2 Å². The third kappa shape index (κ3) is 6.05. The van der Waals surface area contributed by atoms with Crippen molar-refractivity contribution in [2.24, 2.45) is 0 Å². The molecule has 0 unspecified atom stereocenters. The van der Waals surface area contributed by atoms with Crippen LogP contribution in [0, 0.1) is 0 Å². The molecule has 102 valence electrons. The van der Waals surface area contributed by atoms with Crippen LogP contribution in [0.5, 0.6) is 5.75 Å². The minimum absolute atomic E-state index is 0.629. The molecule has 0 aromatic heterocycles. The van der Waals surface area contributed by atoms with Gasteiger partial charge in [0.15, 0.2) is 0 Å². The molecule has 1 aromatic carbocycles. The SMILES string of the molecule is COCCOCCCOc1ccc(Cl)cc1CBr.